The number of carbonyl (C=O) groups excluding carboxylic acids is 1. The van der Waals surface area contributed by atoms with Crippen molar-refractivity contribution in [2.45, 2.75) is 20.3 Å². The van der Waals surface area contributed by atoms with Crippen LogP contribution in [0.2, 0.25) is 5.02 Å². The minimum absolute atomic E-state index is 0.0475. The van der Waals surface area contributed by atoms with E-state index in [-0.39, 0.29) is 5.78 Å². The molecule has 1 heterocycles. The Morgan fingerprint density at radius 2 is 2.00 bits per heavy atom. The van der Waals surface area contributed by atoms with Crippen molar-refractivity contribution in [1.82, 2.24) is 4.98 Å². The fourth-order valence-corrected chi connectivity index (χ4v) is 1.95. The summed E-state index contributed by atoms with van der Waals surface area (Å²) in [6.07, 6.45) is 2.08. The minimum atomic E-state index is 0.0475. The fourth-order valence-electron chi connectivity index (χ4n) is 1.77. The number of halogens is 1. The molecule has 2 aromatic rings. The Balaban J connectivity index is 2.22. The SMILES string of the molecule is Cc1ccc(CC(=O)c2cccc(Cl)c2C)nc1. The fraction of sp³-hybridized carbons (Fsp3) is 0.200. The van der Waals surface area contributed by atoms with Gasteiger partial charge in [0.2, 0.25) is 0 Å². The summed E-state index contributed by atoms with van der Waals surface area (Å²) in [7, 11) is 0. The molecule has 0 bridgehead atoms. The van der Waals surface area contributed by atoms with Crippen molar-refractivity contribution in [2.75, 3.05) is 0 Å². The zero-order valence-corrected chi connectivity index (χ0v) is 11.2. The normalized spacial score (nSPS) is 10.4. The Labute approximate surface area is 112 Å². The number of aryl methyl sites for hydroxylation is 1. The second kappa shape index (κ2) is 5.32. The Morgan fingerprint density at radius 1 is 1.22 bits per heavy atom. The first-order valence-electron chi connectivity index (χ1n) is 5.78. The first-order valence-corrected chi connectivity index (χ1v) is 6.15. The van der Waals surface area contributed by atoms with Gasteiger partial charge in [0.1, 0.15) is 0 Å². The molecule has 0 saturated heterocycles. The molecule has 0 saturated carbocycles. The van der Waals surface area contributed by atoms with E-state index in [1.54, 1.807) is 24.4 Å². The van der Waals surface area contributed by atoms with Gasteiger partial charge in [-0.05, 0) is 37.1 Å². The third-order valence-corrected chi connectivity index (χ3v) is 3.29. The van der Waals surface area contributed by atoms with Gasteiger partial charge in [0.15, 0.2) is 5.78 Å². The quantitative estimate of drug-likeness (QED) is 0.786. The lowest BCUT2D eigenvalue weighted by molar-refractivity contribution is 0.0991. The van der Waals surface area contributed by atoms with Crippen LogP contribution in [0.4, 0.5) is 0 Å². The predicted molar refractivity (Wildman–Crippen MR) is 73.2 cm³/mol. The number of nitrogens with zero attached hydrogens (tertiary/aromatic N) is 1. The van der Waals surface area contributed by atoms with Crippen LogP contribution in [0.5, 0.6) is 0 Å². The third kappa shape index (κ3) is 2.77. The number of rotatable bonds is 3. The average Bonchev–Trinajstić information content (AvgIpc) is 2.35. The largest absolute Gasteiger partial charge is 0.294 e. The van der Waals surface area contributed by atoms with E-state index in [1.165, 1.54) is 0 Å². The van der Waals surface area contributed by atoms with Crippen LogP contribution in [0.3, 0.4) is 0 Å². The van der Waals surface area contributed by atoms with Crippen molar-refractivity contribution in [3.05, 3.63) is 63.9 Å². The molecule has 0 unspecified atom stereocenters. The molecule has 0 spiro atoms. The molecule has 0 aliphatic rings. The summed E-state index contributed by atoms with van der Waals surface area (Å²) in [5.41, 5.74) is 3.37. The van der Waals surface area contributed by atoms with Crippen molar-refractivity contribution in [3.63, 3.8) is 0 Å². The van der Waals surface area contributed by atoms with Crippen LogP contribution in [-0.2, 0) is 6.42 Å². The molecule has 0 atom stereocenters. The molecule has 0 fully saturated rings. The van der Waals surface area contributed by atoms with Crippen LogP contribution in [0, 0.1) is 13.8 Å². The molecule has 0 N–H and O–H groups in total. The van der Waals surface area contributed by atoms with Gasteiger partial charge < -0.3 is 0 Å². The number of Topliss-reactive ketones (excluding diaryl/α,β-unsaturated/α-hetero) is 1. The van der Waals surface area contributed by atoms with Crippen molar-refractivity contribution >= 4 is 17.4 Å². The number of hydrogen-bond donors (Lipinski definition) is 0. The Bertz CT molecular complexity index is 576. The van der Waals surface area contributed by atoms with Crippen LogP contribution in [0.25, 0.3) is 0 Å². The molecule has 0 aliphatic carbocycles. The Hall–Kier alpha value is -1.67. The van der Waals surface area contributed by atoms with Crippen LogP contribution in [0.15, 0.2) is 36.5 Å². The van der Waals surface area contributed by atoms with Crippen molar-refractivity contribution < 1.29 is 4.79 Å². The number of ketones is 1. The van der Waals surface area contributed by atoms with Gasteiger partial charge in [0.25, 0.3) is 0 Å². The Morgan fingerprint density at radius 3 is 2.67 bits per heavy atom. The van der Waals surface area contributed by atoms with E-state index >= 15 is 0 Å². The summed E-state index contributed by atoms with van der Waals surface area (Å²) >= 11 is 6.01. The molecular formula is C15H14ClNO. The maximum absolute atomic E-state index is 12.2. The van der Waals surface area contributed by atoms with E-state index in [2.05, 4.69) is 4.98 Å². The van der Waals surface area contributed by atoms with Gasteiger partial charge >= 0.3 is 0 Å². The average molecular weight is 260 g/mol. The molecule has 3 heteroatoms. The summed E-state index contributed by atoms with van der Waals surface area (Å²) in [6, 6.07) is 9.23. The number of aromatic nitrogens is 1. The van der Waals surface area contributed by atoms with E-state index in [1.807, 2.05) is 26.0 Å². The molecule has 2 nitrogen and oxygen atoms in total. The lowest BCUT2D eigenvalue weighted by Gasteiger charge is -2.06. The predicted octanol–water partition coefficient (Wildman–Crippen LogP) is 3.78. The molecule has 18 heavy (non-hydrogen) atoms. The lowest BCUT2D eigenvalue weighted by atomic mass is 10.0. The highest BCUT2D eigenvalue weighted by atomic mass is 35.5. The number of benzene rings is 1. The smallest absolute Gasteiger partial charge is 0.169 e. The molecular weight excluding hydrogens is 246 g/mol. The zero-order valence-electron chi connectivity index (χ0n) is 10.4. The van der Waals surface area contributed by atoms with E-state index in [0.717, 1.165) is 16.8 Å². The highest BCUT2D eigenvalue weighted by Crippen LogP contribution is 2.20. The van der Waals surface area contributed by atoms with Crippen molar-refractivity contribution in [3.8, 4) is 0 Å². The topological polar surface area (TPSA) is 30.0 Å². The molecule has 2 rings (SSSR count). The van der Waals surface area contributed by atoms with Gasteiger partial charge in [0.05, 0.1) is 6.42 Å². The van der Waals surface area contributed by atoms with Crippen LogP contribution in [-0.4, -0.2) is 10.8 Å². The Kier molecular flexibility index (Phi) is 3.78. The highest BCUT2D eigenvalue weighted by molar-refractivity contribution is 6.31. The van der Waals surface area contributed by atoms with Gasteiger partial charge in [-0.1, -0.05) is 29.8 Å². The van der Waals surface area contributed by atoms with Crippen LogP contribution < -0.4 is 0 Å². The number of carbonyl (C=O) groups is 1. The highest BCUT2D eigenvalue weighted by Gasteiger charge is 2.12. The van der Waals surface area contributed by atoms with Gasteiger partial charge in [-0.25, -0.2) is 0 Å². The zero-order chi connectivity index (χ0) is 13.1. The summed E-state index contributed by atoms with van der Waals surface area (Å²) in [4.78, 5) is 16.4. The lowest BCUT2D eigenvalue weighted by Crippen LogP contribution is -2.07. The van der Waals surface area contributed by atoms with Gasteiger partial charge in [-0.2, -0.15) is 0 Å². The summed E-state index contributed by atoms with van der Waals surface area (Å²) < 4.78 is 0. The maximum Gasteiger partial charge on any atom is 0.169 e. The van der Waals surface area contributed by atoms with Gasteiger partial charge in [0, 0.05) is 22.5 Å². The first kappa shape index (κ1) is 12.8. The molecule has 1 aromatic carbocycles. The van der Waals surface area contributed by atoms with E-state index in [9.17, 15) is 4.79 Å². The van der Waals surface area contributed by atoms with Crippen LogP contribution in [0.1, 0.15) is 27.2 Å². The summed E-state index contributed by atoms with van der Waals surface area (Å²) in [5, 5.41) is 0.623. The maximum atomic E-state index is 12.2. The van der Waals surface area contributed by atoms with E-state index in [0.29, 0.717) is 17.0 Å². The van der Waals surface area contributed by atoms with E-state index in [4.69, 9.17) is 11.6 Å². The second-order valence-electron chi connectivity index (χ2n) is 4.34. The molecule has 0 aliphatic heterocycles. The minimum Gasteiger partial charge on any atom is -0.294 e. The van der Waals surface area contributed by atoms with Gasteiger partial charge in [-0.15, -0.1) is 0 Å². The van der Waals surface area contributed by atoms with Gasteiger partial charge in [-0.3, -0.25) is 9.78 Å². The van der Waals surface area contributed by atoms with Crippen molar-refractivity contribution in [2.24, 2.45) is 0 Å². The molecule has 92 valence electrons. The molecule has 0 amide bonds. The number of pyridine rings is 1. The molecule has 0 radical (unpaired) electrons. The standard InChI is InChI=1S/C15H14ClNO/c1-10-6-7-12(17-9-10)8-15(18)13-4-3-5-14(16)11(13)2/h3-7,9H,8H2,1-2H3. The first-order chi connectivity index (χ1) is 8.58. The van der Waals surface area contributed by atoms with Crippen molar-refractivity contribution in [1.29, 1.82) is 0 Å². The second-order valence-corrected chi connectivity index (χ2v) is 4.75. The summed E-state index contributed by atoms with van der Waals surface area (Å²) in [6.45, 7) is 3.83. The molecule has 1 aromatic heterocycles. The monoisotopic (exact) mass is 259 g/mol. The third-order valence-electron chi connectivity index (χ3n) is 2.88. The number of hydrogen-bond acceptors (Lipinski definition) is 2. The van der Waals surface area contributed by atoms with E-state index < -0.39 is 0 Å². The summed E-state index contributed by atoms with van der Waals surface area (Å²) in [5.74, 6) is 0.0475. The van der Waals surface area contributed by atoms with Crippen LogP contribution >= 0.6 is 11.6 Å².